The third-order valence-electron chi connectivity index (χ3n) is 5.12. The maximum atomic E-state index is 13.6. The van der Waals surface area contributed by atoms with E-state index >= 15 is 0 Å². The van der Waals surface area contributed by atoms with E-state index in [-0.39, 0.29) is 39.4 Å². The van der Waals surface area contributed by atoms with Gasteiger partial charge in [-0.2, -0.15) is 0 Å². The molecule has 0 radical (unpaired) electrons. The van der Waals surface area contributed by atoms with Crippen LogP contribution in [0.4, 0.5) is 0 Å². The van der Waals surface area contributed by atoms with Crippen LogP contribution in [0, 0.1) is 0 Å². The van der Waals surface area contributed by atoms with Gasteiger partial charge in [-0.05, 0) is 12.1 Å². The lowest BCUT2D eigenvalue weighted by Crippen LogP contribution is -2.15. The van der Waals surface area contributed by atoms with Crippen LogP contribution >= 0.6 is 7.80 Å². The molecule has 1 atom stereocenters. The normalized spacial score (nSPS) is 10.8. The lowest BCUT2D eigenvalue weighted by atomic mass is 10.0. The second-order valence-corrected chi connectivity index (χ2v) is 8.37. The van der Waals surface area contributed by atoms with Crippen molar-refractivity contribution in [2.75, 3.05) is 35.5 Å². The van der Waals surface area contributed by atoms with E-state index in [9.17, 15) is 14.2 Å². The predicted molar refractivity (Wildman–Crippen MR) is 127 cm³/mol. The Morgan fingerprint density at radius 3 is 1.76 bits per heavy atom. The van der Waals surface area contributed by atoms with Crippen LogP contribution < -0.4 is 29.0 Å². The van der Waals surface area contributed by atoms with Crippen LogP contribution in [0.3, 0.4) is 0 Å². The van der Waals surface area contributed by atoms with Gasteiger partial charge in [0.25, 0.3) is 0 Å². The van der Waals surface area contributed by atoms with E-state index in [0.29, 0.717) is 11.3 Å². The third kappa shape index (κ3) is 4.58. The van der Waals surface area contributed by atoms with Crippen molar-refractivity contribution in [2.24, 2.45) is 0 Å². The molecule has 0 aliphatic carbocycles. The molecular formula is C25H24O8P+. The van der Waals surface area contributed by atoms with Gasteiger partial charge in [-0.3, -0.25) is 4.79 Å². The fraction of sp³-hybridized carbons (Fsp3) is 0.200. The molecule has 0 saturated heterocycles. The van der Waals surface area contributed by atoms with Crippen molar-refractivity contribution in [3.05, 3.63) is 71.3 Å². The third-order valence-corrected chi connectivity index (χ3v) is 6.50. The Morgan fingerprint density at radius 2 is 1.26 bits per heavy atom. The standard InChI is InChI=1S/C25H24O8P/c1-29-16-13-18(31-3)21(19(14-16)32-4)25(27)34(28)20-12-11-17(30-2)22(24(20)33-5)23(26)15-9-7-6-8-10-15/h6-14H,1-5H3/q+1. The van der Waals surface area contributed by atoms with Gasteiger partial charge in [0.2, 0.25) is 11.1 Å². The summed E-state index contributed by atoms with van der Waals surface area (Å²) in [7, 11) is 4.22. The zero-order valence-electron chi connectivity index (χ0n) is 19.4. The molecule has 0 heterocycles. The summed E-state index contributed by atoms with van der Waals surface area (Å²) < 4.78 is 40.3. The van der Waals surface area contributed by atoms with Crippen molar-refractivity contribution in [3.8, 4) is 28.7 Å². The minimum atomic E-state index is -2.75. The van der Waals surface area contributed by atoms with Gasteiger partial charge in [0.1, 0.15) is 28.6 Å². The monoisotopic (exact) mass is 483 g/mol. The molecule has 1 unspecified atom stereocenters. The molecule has 3 aromatic rings. The Hall–Kier alpha value is -3.90. The number of methoxy groups -OCH3 is 5. The highest BCUT2D eigenvalue weighted by Gasteiger charge is 2.42. The zero-order valence-corrected chi connectivity index (χ0v) is 20.3. The van der Waals surface area contributed by atoms with Crippen LogP contribution in [0.25, 0.3) is 0 Å². The van der Waals surface area contributed by atoms with E-state index in [1.165, 1.54) is 59.8 Å². The number of carbonyl (C=O) groups excluding carboxylic acids is 2. The van der Waals surface area contributed by atoms with Crippen LogP contribution in [0.2, 0.25) is 0 Å². The lowest BCUT2D eigenvalue weighted by Gasteiger charge is -2.13. The fourth-order valence-electron chi connectivity index (χ4n) is 3.47. The number of hydrogen-bond acceptors (Lipinski definition) is 8. The number of ether oxygens (including phenoxy) is 5. The first-order valence-corrected chi connectivity index (χ1v) is 11.3. The van der Waals surface area contributed by atoms with Crippen molar-refractivity contribution in [3.63, 3.8) is 0 Å². The molecule has 8 nitrogen and oxygen atoms in total. The molecule has 176 valence electrons. The van der Waals surface area contributed by atoms with Crippen LogP contribution in [-0.4, -0.2) is 46.9 Å². The molecule has 0 fully saturated rings. The lowest BCUT2D eigenvalue weighted by molar-refractivity contribution is 0.103. The maximum Gasteiger partial charge on any atom is 0.462 e. The smallest absolute Gasteiger partial charge is 0.462 e. The molecule has 34 heavy (non-hydrogen) atoms. The van der Waals surface area contributed by atoms with Crippen LogP contribution in [0.5, 0.6) is 28.7 Å². The summed E-state index contributed by atoms with van der Waals surface area (Å²) in [5.41, 5.74) is -0.316. The second-order valence-electron chi connectivity index (χ2n) is 6.90. The number of ketones is 1. The van der Waals surface area contributed by atoms with E-state index in [2.05, 4.69) is 0 Å². The Labute approximate surface area is 198 Å². The molecule has 0 amide bonds. The van der Waals surface area contributed by atoms with Crippen molar-refractivity contribution < 1.29 is 37.8 Å². The quantitative estimate of drug-likeness (QED) is 0.312. The average molecular weight is 483 g/mol. The van der Waals surface area contributed by atoms with Gasteiger partial charge in [-0.15, -0.1) is 0 Å². The SMILES string of the molecule is COc1cc(OC)c(C(=O)[P+](=O)c2ccc(OC)c(C(=O)c3ccccc3)c2OC)c(OC)c1. The highest BCUT2D eigenvalue weighted by Crippen LogP contribution is 2.43. The van der Waals surface area contributed by atoms with Gasteiger partial charge < -0.3 is 23.7 Å². The molecule has 0 saturated carbocycles. The molecule has 3 rings (SSSR count). The van der Waals surface area contributed by atoms with Crippen molar-refractivity contribution in [1.29, 1.82) is 0 Å². The summed E-state index contributed by atoms with van der Waals surface area (Å²) in [4.78, 5) is 26.7. The van der Waals surface area contributed by atoms with Gasteiger partial charge in [-0.25, -0.2) is 4.79 Å². The summed E-state index contributed by atoms with van der Waals surface area (Å²) in [6.07, 6.45) is 0. The van der Waals surface area contributed by atoms with Gasteiger partial charge in [0, 0.05) is 17.7 Å². The van der Waals surface area contributed by atoms with Crippen molar-refractivity contribution in [1.82, 2.24) is 0 Å². The van der Waals surface area contributed by atoms with Crippen LogP contribution in [0.1, 0.15) is 26.3 Å². The maximum absolute atomic E-state index is 13.6. The van der Waals surface area contributed by atoms with E-state index in [1.807, 2.05) is 0 Å². The zero-order chi connectivity index (χ0) is 24.8. The number of carbonyl (C=O) groups is 2. The predicted octanol–water partition coefficient (Wildman–Crippen LogP) is 4.25. The second kappa shape index (κ2) is 10.8. The topological polar surface area (TPSA) is 97.4 Å². The first kappa shape index (κ1) is 24.7. The van der Waals surface area contributed by atoms with Crippen LogP contribution in [0.15, 0.2) is 54.6 Å². The summed E-state index contributed by atoms with van der Waals surface area (Å²) >= 11 is 0. The molecule has 0 aliphatic rings. The first-order chi connectivity index (χ1) is 16.4. The van der Waals surface area contributed by atoms with E-state index in [0.717, 1.165) is 0 Å². The summed E-state index contributed by atoms with van der Waals surface area (Å²) in [5.74, 6) is 0.499. The Morgan fingerprint density at radius 1 is 0.676 bits per heavy atom. The molecule has 0 N–H and O–H groups in total. The van der Waals surface area contributed by atoms with E-state index in [1.54, 1.807) is 30.3 Å². The molecule has 0 aliphatic heterocycles. The summed E-state index contributed by atoms with van der Waals surface area (Å²) in [6, 6.07) is 14.4. The molecule has 0 spiro atoms. The van der Waals surface area contributed by atoms with Crippen LogP contribution in [-0.2, 0) is 4.57 Å². The highest BCUT2D eigenvalue weighted by atomic mass is 31.1. The molecule has 0 aromatic heterocycles. The van der Waals surface area contributed by atoms with Gasteiger partial charge >= 0.3 is 13.3 Å². The molecule has 0 bridgehead atoms. The van der Waals surface area contributed by atoms with Crippen molar-refractivity contribution >= 4 is 24.4 Å². The Kier molecular flexibility index (Phi) is 7.87. The van der Waals surface area contributed by atoms with Gasteiger partial charge in [-0.1, -0.05) is 34.9 Å². The number of benzene rings is 3. The summed E-state index contributed by atoms with van der Waals surface area (Å²) in [5, 5.41) is 0.0440. The number of rotatable bonds is 10. The number of hydrogen-bond donors (Lipinski definition) is 0. The average Bonchev–Trinajstić information content (AvgIpc) is 2.90. The van der Waals surface area contributed by atoms with Gasteiger partial charge in [0.15, 0.2) is 11.3 Å². The first-order valence-electron chi connectivity index (χ1n) is 10.1. The minimum Gasteiger partial charge on any atom is -0.496 e. The Bertz CT molecular complexity index is 1210. The highest BCUT2D eigenvalue weighted by molar-refractivity contribution is 7.71. The molecule has 9 heteroatoms. The summed E-state index contributed by atoms with van der Waals surface area (Å²) in [6.45, 7) is 0. The van der Waals surface area contributed by atoms with E-state index in [4.69, 9.17) is 23.7 Å². The fourth-order valence-corrected chi connectivity index (χ4v) is 4.71. The van der Waals surface area contributed by atoms with Gasteiger partial charge in [0.05, 0.1) is 35.5 Å². The largest absolute Gasteiger partial charge is 0.496 e. The van der Waals surface area contributed by atoms with E-state index < -0.39 is 19.1 Å². The molecule has 3 aromatic carbocycles. The molecular weight excluding hydrogens is 459 g/mol. The van der Waals surface area contributed by atoms with Crippen molar-refractivity contribution in [2.45, 2.75) is 0 Å². The minimum absolute atomic E-state index is 0.00545. The Balaban J connectivity index is 2.17.